The Morgan fingerprint density at radius 1 is 0.317 bits per heavy atom. The third-order valence-electron chi connectivity index (χ3n) is 12.9. The van der Waals surface area contributed by atoms with Crippen LogP contribution in [0, 0.1) is 0 Å². The first kappa shape index (κ1) is 35.0. The second-order valence-electron chi connectivity index (χ2n) is 16.4. The predicted octanol–water partition coefficient (Wildman–Crippen LogP) is 17.2. The van der Waals surface area contributed by atoms with Gasteiger partial charge in [-0.1, -0.05) is 133 Å². The first-order valence-corrected chi connectivity index (χ1v) is 22.8. The lowest BCUT2D eigenvalue weighted by atomic mass is 9.93. The minimum atomic E-state index is 0.546. The van der Waals surface area contributed by atoms with E-state index in [1.165, 1.54) is 84.1 Å². The van der Waals surface area contributed by atoms with E-state index in [4.69, 9.17) is 14.4 Å². The summed E-state index contributed by atoms with van der Waals surface area (Å²) in [4.78, 5) is 10.3. The van der Waals surface area contributed by atoms with E-state index in [9.17, 15) is 0 Å². The van der Waals surface area contributed by atoms with E-state index in [-0.39, 0.29) is 0 Å². The molecule has 0 aliphatic rings. The summed E-state index contributed by atoms with van der Waals surface area (Å²) in [5.74, 6) is 0. The highest BCUT2D eigenvalue weighted by atomic mass is 32.1. The second-order valence-corrected chi connectivity index (χ2v) is 18.6. The SMILES string of the molecule is c1cc(-c2ccc3nc4oc5ccc(-c6cccc(-c7cc8sc9ccccc9c8c8ccccc78)c6)cc5c4nc3c2)cc(-c2cc3sc4ccccc4c3c3ccccc23)c1. The summed E-state index contributed by atoms with van der Waals surface area (Å²) >= 11 is 3.73. The van der Waals surface area contributed by atoms with Gasteiger partial charge in [0.05, 0.1) is 11.0 Å². The number of fused-ring (bicyclic) bond motifs is 14. The summed E-state index contributed by atoms with van der Waals surface area (Å²) in [5.41, 5.74) is 13.1. The Morgan fingerprint density at radius 3 is 1.41 bits per heavy atom. The van der Waals surface area contributed by atoms with Gasteiger partial charge in [-0.3, -0.25) is 0 Å². The lowest BCUT2D eigenvalue weighted by Crippen LogP contribution is -1.88. The van der Waals surface area contributed by atoms with Gasteiger partial charge in [0.25, 0.3) is 0 Å². The zero-order valence-corrected chi connectivity index (χ0v) is 35.2. The van der Waals surface area contributed by atoms with Crippen LogP contribution in [0.3, 0.4) is 0 Å². The number of thiophene rings is 2. The molecule has 292 valence electrons. The Bertz CT molecular complexity index is 4220. The topological polar surface area (TPSA) is 38.9 Å². The number of aromatic nitrogens is 2. The highest BCUT2D eigenvalue weighted by molar-refractivity contribution is 7.26. The van der Waals surface area contributed by atoms with Crippen molar-refractivity contribution >= 4 is 118 Å². The Hall–Kier alpha value is -7.70. The van der Waals surface area contributed by atoms with Gasteiger partial charge in [-0.2, -0.15) is 0 Å². The van der Waals surface area contributed by atoms with Crippen molar-refractivity contribution in [2.45, 2.75) is 0 Å². The van der Waals surface area contributed by atoms with Crippen LogP contribution >= 0.6 is 22.7 Å². The highest BCUT2D eigenvalue weighted by Gasteiger charge is 2.18. The maximum atomic E-state index is 6.35. The molecule has 4 heterocycles. The largest absolute Gasteiger partial charge is 0.436 e. The van der Waals surface area contributed by atoms with Crippen molar-refractivity contribution < 1.29 is 4.42 Å². The van der Waals surface area contributed by atoms with E-state index in [1.54, 1.807) is 0 Å². The van der Waals surface area contributed by atoms with Gasteiger partial charge in [-0.05, 0) is 127 Å². The lowest BCUT2D eigenvalue weighted by molar-refractivity contribution is 0.655. The molecule has 3 nitrogen and oxygen atoms in total. The van der Waals surface area contributed by atoms with Gasteiger partial charge in [-0.25, -0.2) is 9.97 Å². The first-order valence-electron chi connectivity index (χ1n) is 21.2. The van der Waals surface area contributed by atoms with Crippen molar-refractivity contribution in [3.63, 3.8) is 0 Å². The summed E-state index contributed by atoms with van der Waals surface area (Å²) in [6.45, 7) is 0. The number of benzene rings is 10. The summed E-state index contributed by atoms with van der Waals surface area (Å²) in [6, 6.07) is 70.5. The van der Waals surface area contributed by atoms with Crippen LogP contribution in [-0.4, -0.2) is 9.97 Å². The fraction of sp³-hybridized carbons (Fsp3) is 0. The second kappa shape index (κ2) is 13.4. The summed E-state index contributed by atoms with van der Waals surface area (Å²) in [5, 5.41) is 11.4. The van der Waals surface area contributed by atoms with Crippen molar-refractivity contribution in [1.82, 2.24) is 9.97 Å². The van der Waals surface area contributed by atoms with Crippen molar-refractivity contribution in [3.05, 3.63) is 194 Å². The van der Waals surface area contributed by atoms with Crippen molar-refractivity contribution in [1.29, 1.82) is 0 Å². The smallest absolute Gasteiger partial charge is 0.246 e. The lowest BCUT2D eigenvalue weighted by Gasteiger charge is -2.11. The molecule has 0 aliphatic heterocycles. The molecule has 0 atom stereocenters. The number of rotatable bonds is 4. The minimum absolute atomic E-state index is 0.546. The molecule has 0 N–H and O–H groups in total. The third-order valence-corrected chi connectivity index (χ3v) is 15.1. The molecule has 0 bridgehead atoms. The molecular weight excluding hydrogens is 805 g/mol. The predicted molar refractivity (Wildman–Crippen MR) is 269 cm³/mol. The summed E-state index contributed by atoms with van der Waals surface area (Å²) < 4.78 is 11.6. The van der Waals surface area contributed by atoms with Gasteiger partial charge in [0.1, 0.15) is 11.1 Å². The summed E-state index contributed by atoms with van der Waals surface area (Å²) in [6.07, 6.45) is 0. The molecule has 0 saturated heterocycles. The molecule has 63 heavy (non-hydrogen) atoms. The van der Waals surface area contributed by atoms with E-state index >= 15 is 0 Å². The molecule has 0 aliphatic carbocycles. The van der Waals surface area contributed by atoms with Crippen LogP contribution in [0.25, 0.3) is 140 Å². The van der Waals surface area contributed by atoms with Crippen LogP contribution in [0.15, 0.2) is 199 Å². The number of hydrogen-bond acceptors (Lipinski definition) is 5. The van der Waals surface area contributed by atoms with Crippen molar-refractivity contribution in [2.24, 2.45) is 0 Å². The van der Waals surface area contributed by atoms with E-state index < -0.39 is 0 Å². The van der Waals surface area contributed by atoms with Gasteiger partial charge in [0.2, 0.25) is 5.71 Å². The molecular formula is C58H32N2OS2. The van der Waals surface area contributed by atoms with Gasteiger partial charge < -0.3 is 4.42 Å². The summed E-state index contributed by atoms with van der Waals surface area (Å²) in [7, 11) is 0. The zero-order valence-electron chi connectivity index (χ0n) is 33.6. The third kappa shape index (κ3) is 5.37. The van der Waals surface area contributed by atoms with Crippen LogP contribution < -0.4 is 0 Å². The molecule has 14 aromatic rings. The maximum Gasteiger partial charge on any atom is 0.246 e. The number of furan rings is 1. The number of nitrogens with zero attached hydrogens (tertiary/aromatic N) is 2. The minimum Gasteiger partial charge on any atom is -0.436 e. The highest BCUT2D eigenvalue weighted by Crippen LogP contribution is 2.45. The van der Waals surface area contributed by atoms with E-state index in [0.717, 1.165) is 49.8 Å². The van der Waals surface area contributed by atoms with Crippen LogP contribution in [0.4, 0.5) is 0 Å². The molecule has 0 spiro atoms. The van der Waals surface area contributed by atoms with Crippen molar-refractivity contribution in [3.8, 4) is 44.5 Å². The first-order chi connectivity index (χ1) is 31.2. The molecule has 4 aromatic heterocycles. The average molecular weight is 837 g/mol. The quantitative estimate of drug-likeness (QED) is 0.177. The van der Waals surface area contributed by atoms with Gasteiger partial charge >= 0.3 is 0 Å². The molecule has 5 heteroatoms. The molecule has 0 saturated carbocycles. The Morgan fingerprint density at radius 2 is 0.810 bits per heavy atom. The van der Waals surface area contributed by atoms with Crippen LogP contribution in [-0.2, 0) is 0 Å². The fourth-order valence-electron chi connectivity index (χ4n) is 9.94. The Balaban J connectivity index is 0.857. The Labute approximate surface area is 368 Å². The molecule has 0 fully saturated rings. The van der Waals surface area contributed by atoms with Gasteiger partial charge in [-0.15, -0.1) is 22.7 Å². The maximum absolute atomic E-state index is 6.35. The fourth-order valence-corrected chi connectivity index (χ4v) is 12.3. The van der Waals surface area contributed by atoms with Gasteiger partial charge in [0.15, 0.2) is 0 Å². The molecule has 0 radical (unpaired) electrons. The molecule has 10 aromatic carbocycles. The van der Waals surface area contributed by atoms with Crippen molar-refractivity contribution in [2.75, 3.05) is 0 Å². The molecule has 14 rings (SSSR count). The van der Waals surface area contributed by atoms with Crippen LogP contribution in [0.2, 0.25) is 0 Å². The zero-order chi connectivity index (χ0) is 41.2. The van der Waals surface area contributed by atoms with E-state index in [1.807, 2.05) is 22.7 Å². The monoisotopic (exact) mass is 836 g/mol. The van der Waals surface area contributed by atoms with E-state index in [0.29, 0.717) is 5.71 Å². The molecule has 0 unspecified atom stereocenters. The van der Waals surface area contributed by atoms with Crippen LogP contribution in [0.5, 0.6) is 0 Å². The van der Waals surface area contributed by atoms with E-state index in [2.05, 4.69) is 194 Å². The standard InChI is InChI=1S/C58H32N2OS2/c1-3-17-41-39(15-1)45(31-53-55(41)43-19-5-7-21-51(43)62-53)37-13-9-11-33(27-37)35-24-26-50-47(29-35)57-58(61-50)60-48-25-23-36(30-49(48)59-57)34-12-10-14-38(28-34)46-32-54-56(42-18-4-2-16-40(42)46)44-20-6-8-22-52(44)63-54/h1-32H. The molecule has 0 amide bonds. The normalized spacial score (nSPS) is 12.1. The Kier molecular flexibility index (Phi) is 7.43. The number of hydrogen-bond donors (Lipinski definition) is 0. The average Bonchev–Trinajstić information content (AvgIpc) is 4.03. The van der Waals surface area contributed by atoms with Crippen LogP contribution in [0.1, 0.15) is 0 Å². The van der Waals surface area contributed by atoms with Gasteiger partial charge in [0, 0.05) is 45.7 Å².